The number of hydrogen-bond acceptors (Lipinski definition) is 2. The van der Waals surface area contributed by atoms with E-state index in [4.69, 9.17) is 0 Å². The summed E-state index contributed by atoms with van der Waals surface area (Å²) in [6.07, 6.45) is 13.4. The molecule has 0 bridgehead atoms. The van der Waals surface area contributed by atoms with Gasteiger partial charge in [0.15, 0.2) is 0 Å². The molecule has 0 spiro atoms. The number of nitrogens with zero attached hydrogens (tertiary/aromatic N) is 2. The Morgan fingerprint density at radius 2 is 0.471 bits per heavy atom. The summed E-state index contributed by atoms with van der Waals surface area (Å²) < 4.78 is 0. The quantitative estimate of drug-likeness (QED) is 0.100. The Kier molecular flexibility index (Phi) is 14.4. The Morgan fingerprint density at radius 3 is 0.724 bits per heavy atom. The first-order valence-electron chi connectivity index (χ1n) is 32.0. The lowest BCUT2D eigenvalue weighted by Crippen LogP contribution is -2.23. The lowest BCUT2D eigenvalue weighted by Gasteiger charge is -2.32. The second-order valence-electron chi connectivity index (χ2n) is 26.6. The van der Waals surface area contributed by atoms with Crippen LogP contribution in [0.1, 0.15) is 167 Å². The van der Waals surface area contributed by atoms with Crippen molar-refractivity contribution in [1.82, 2.24) is 0 Å². The predicted molar refractivity (Wildman–Crippen MR) is 376 cm³/mol. The largest absolute Gasteiger partial charge is 0.310 e. The van der Waals surface area contributed by atoms with Gasteiger partial charge >= 0.3 is 0 Å². The minimum absolute atomic E-state index is 0.0966. The van der Waals surface area contributed by atoms with Gasteiger partial charge in [-0.15, -0.1) is 0 Å². The minimum atomic E-state index is -0.156. The van der Waals surface area contributed by atoms with Crippen molar-refractivity contribution in [3.8, 4) is 33.4 Å². The van der Waals surface area contributed by atoms with Crippen LogP contribution in [0.25, 0.3) is 57.7 Å². The molecule has 87 heavy (non-hydrogen) atoms. The Hall–Kier alpha value is -8.72. The van der Waals surface area contributed by atoms with Crippen LogP contribution in [0.3, 0.4) is 0 Å². The molecule has 0 amide bonds. The highest BCUT2D eigenvalue weighted by atomic mass is 15.1. The number of benzene rings is 10. The summed E-state index contributed by atoms with van der Waals surface area (Å²) in [4.78, 5) is 4.95. The topological polar surface area (TPSA) is 6.48 Å². The normalized spacial score (nSPS) is 14.5. The van der Waals surface area contributed by atoms with E-state index in [0.29, 0.717) is 0 Å². The molecular formula is C85H84N2. The van der Waals surface area contributed by atoms with Gasteiger partial charge in [-0.1, -0.05) is 175 Å². The van der Waals surface area contributed by atoms with E-state index < -0.39 is 0 Å². The summed E-state index contributed by atoms with van der Waals surface area (Å²) in [5.41, 5.74) is 38.6. The molecule has 0 heterocycles. The van der Waals surface area contributed by atoms with Crippen LogP contribution in [0.15, 0.2) is 182 Å². The van der Waals surface area contributed by atoms with Gasteiger partial charge in [0.1, 0.15) is 0 Å². The van der Waals surface area contributed by atoms with E-state index >= 15 is 0 Å². The number of anilines is 6. The Morgan fingerprint density at radius 1 is 0.253 bits per heavy atom. The average Bonchev–Trinajstić information content (AvgIpc) is 1.62. The van der Waals surface area contributed by atoms with Crippen molar-refractivity contribution in [2.24, 2.45) is 0 Å². The Balaban J connectivity index is 0.760. The second-order valence-corrected chi connectivity index (χ2v) is 26.6. The van der Waals surface area contributed by atoms with E-state index in [1.165, 1.54) is 168 Å². The van der Waals surface area contributed by atoms with Gasteiger partial charge in [0.25, 0.3) is 0 Å². The lowest BCUT2D eigenvalue weighted by atomic mass is 9.73. The third kappa shape index (κ3) is 9.81. The molecule has 0 fully saturated rings. The van der Waals surface area contributed by atoms with Crippen molar-refractivity contribution in [2.75, 3.05) is 9.80 Å². The molecule has 0 aliphatic heterocycles. The van der Waals surface area contributed by atoms with Gasteiger partial charge in [0.05, 0.1) is 0 Å². The summed E-state index contributed by atoms with van der Waals surface area (Å²) in [5.74, 6) is 0. The second kappa shape index (κ2) is 21.9. The van der Waals surface area contributed by atoms with E-state index in [1.54, 1.807) is 0 Å². The van der Waals surface area contributed by atoms with Crippen LogP contribution in [-0.2, 0) is 16.2 Å². The molecule has 3 aliphatic rings. The van der Waals surface area contributed by atoms with Gasteiger partial charge in [-0.05, 0) is 287 Å². The number of fused-ring (bicyclic) bond motifs is 9. The molecule has 0 radical (unpaired) electrons. The van der Waals surface area contributed by atoms with Gasteiger partial charge in [0.2, 0.25) is 0 Å². The summed E-state index contributed by atoms with van der Waals surface area (Å²) in [5, 5.41) is 0. The monoisotopic (exact) mass is 1130 g/mol. The molecule has 13 rings (SSSR count). The molecule has 434 valence electrons. The first kappa shape index (κ1) is 57.4. The van der Waals surface area contributed by atoms with Crippen LogP contribution in [0.5, 0.6) is 0 Å². The summed E-state index contributed by atoms with van der Waals surface area (Å²) in [6.45, 7) is 32.0. The van der Waals surface area contributed by atoms with E-state index in [2.05, 4.69) is 313 Å². The fourth-order valence-electron chi connectivity index (χ4n) is 16.1. The van der Waals surface area contributed by atoms with Gasteiger partial charge in [-0.25, -0.2) is 0 Å². The summed E-state index contributed by atoms with van der Waals surface area (Å²) in [6, 6.07) is 70.8. The molecule has 0 atom stereocenters. The van der Waals surface area contributed by atoms with Crippen LogP contribution in [0.2, 0.25) is 0 Å². The molecule has 2 heteroatoms. The van der Waals surface area contributed by atoms with Crippen molar-refractivity contribution >= 4 is 58.4 Å². The Labute approximate surface area is 519 Å². The Bertz CT molecular complexity index is 4000. The van der Waals surface area contributed by atoms with Gasteiger partial charge < -0.3 is 9.80 Å². The zero-order valence-corrected chi connectivity index (χ0v) is 53.9. The molecule has 0 aromatic heterocycles. The van der Waals surface area contributed by atoms with E-state index in [9.17, 15) is 0 Å². The van der Waals surface area contributed by atoms with Crippen LogP contribution < -0.4 is 9.80 Å². The van der Waals surface area contributed by atoms with Gasteiger partial charge in [0, 0.05) is 50.4 Å². The van der Waals surface area contributed by atoms with Crippen LogP contribution in [0.4, 0.5) is 34.1 Å². The molecule has 10 aromatic rings. The van der Waals surface area contributed by atoms with Crippen molar-refractivity contribution < 1.29 is 0 Å². The first-order valence-corrected chi connectivity index (χ1v) is 32.0. The smallest absolute Gasteiger partial charge is 0.0466 e. The fraction of sp³-hybridized carbons (Fsp3) is 0.247. The summed E-state index contributed by atoms with van der Waals surface area (Å²) >= 11 is 0. The highest BCUT2D eigenvalue weighted by Gasteiger charge is 2.43. The molecule has 3 aliphatic carbocycles. The van der Waals surface area contributed by atoms with E-state index in [1.807, 2.05) is 0 Å². The zero-order chi connectivity index (χ0) is 60.8. The predicted octanol–water partition coefficient (Wildman–Crippen LogP) is 23.9. The van der Waals surface area contributed by atoms with Crippen LogP contribution >= 0.6 is 0 Å². The maximum atomic E-state index is 2.51. The van der Waals surface area contributed by atoms with Gasteiger partial charge in [-0.2, -0.15) is 0 Å². The number of aryl methyl sites for hydroxylation is 8. The van der Waals surface area contributed by atoms with Gasteiger partial charge in [-0.3, -0.25) is 0 Å². The van der Waals surface area contributed by atoms with Crippen LogP contribution in [0, 0.1) is 55.4 Å². The maximum Gasteiger partial charge on any atom is 0.0466 e. The van der Waals surface area contributed by atoms with Crippen molar-refractivity contribution in [3.05, 3.63) is 282 Å². The summed E-state index contributed by atoms with van der Waals surface area (Å²) in [7, 11) is 0. The van der Waals surface area contributed by atoms with E-state index in [0.717, 1.165) is 25.7 Å². The molecule has 0 saturated heterocycles. The number of hydrogen-bond donors (Lipinski definition) is 0. The molecule has 2 nitrogen and oxygen atoms in total. The maximum absolute atomic E-state index is 2.51. The first-order chi connectivity index (χ1) is 41.8. The fourth-order valence-corrected chi connectivity index (χ4v) is 16.1. The number of rotatable bonds is 14. The van der Waals surface area contributed by atoms with E-state index in [-0.39, 0.29) is 16.2 Å². The van der Waals surface area contributed by atoms with Crippen molar-refractivity contribution in [2.45, 2.75) is 139 Å². The molecule has 0 N–H and O–H groups in total. The highest BCUT2D eigenvalue weighted by molar-refractivity contribution is 5.91. The van der Waals surface area contributed by atoms with Crippen molar-refractivity contribution in [1.29, 1.82) is 0 Å². The average molecular weight is 1130 g/mol. The SMILES string of the molecule is CCC1(CC)c2cc(/C=C/c3ccc4c(c3)C(C)(C)c3cc(/C=C/c5ccc6c(c5)C(CC)(CC)c5cc(N(c7cc(C)cc(C)c7)c7cc(C)cc(C)c7)ccc5-6)ccc3-4)ccc2-c2ccc(N(c3cc(C)cc(C)c3)c3cc(C)cc(C)c3)cc21. The zero-order valence-electron chi connectivity index (χ0n) is 53.9. The molecule has 0 unspecified atom stereocenters. The third-order valence-electron chi connectivity index (χ3n) is 20.2. The molecule has 10 aromatic carbocycles. The molecule has 0 saturated carbocycles. The molecular weight excluding hydrogens is 1050 g/mol. The minimum Gasteiger partial charge on any atom is -0.310 e. The van der Waals surface area contributed by atoms with Crippen molar-refractivity contribution in [3.63, 3.8) is 0 Å². The lowest BCUT2D eigenvalue weighted by molar-refractivity contribution is 0.490. The highest BCUT2D eigenvalue weighted by Crippen LogP contribution is 2.57. The van der Waals surface area contributed by atoms with Crippen LogP contribution in [-0.4, -0.2) is 0 Å². The standard InChI is InChI=1S/C85H84N2/c1-15-84(16-2)79-49-63(25-31-73(79)75-33-27-65(51-81(75)84)86(67-39-53(5)35-54(6)40-67)68-41-55(7)36-56(8)42-68)21-19-61-23-29-71-72-30-24-62(48-78(72)83(13,14)77(71)47-61)20-22-64-26-32-74-76-34-28-66(52-82(76)85(17-3,18-4)80(74)50-64)87(69-43-57(9)37-58(10)44-69)70-45-59(11)38-60(12)46-70/h19-52H,15-18H2,1-14H3/b21-19+,22-20+. The third-order valence-corrected chi connectivity index (χ3v) is 20.2.